The summed E-state index contributed by atoms with van der Waals surface area (Å²) in [5.41, 5.74) is 2.82. The average Bonchev–Trinajstić information content (AvgIpc) is 2.45. The van der Waals surface area contributed by atoms with Gasteiger partial charge in [-0.05, 0) is 30.7 Å². The molecule has 0 radical (unpaired) electrons. The molecule has 0 bridgehead atoms. The Bertz CT molecular complexity index is 739. The van der Waals surface area contributed by atoms with Crippen LogP contribution in [-0.2, 0) is 16.4 Å². The van der Waals surface area contributed by atoms with E-state index in [1.165, 1.54) is 6.26 Å². The predicted molar refractivity (Wildman–Crippen MR) is 84.6 cm³/mol. The van der Waals surface area contributed by atoms with Crippen LogP contribution in [0, 0.1) is 6.92 Å². The van der Waals surface area contributed by atoms with Gasteiger partial charge in [-0.2, -0.15) is 0 Å². The van der Waals surface area contributed by atoms with E-state index >= 15 is 0 Å². The van der Waals surface area contributed by atoms with Crippen LogP contribution in [0.3, 0.4) is 0 Å². The van der Waals surface area contributed by atoms with Gasteiger partial charge in [0.15, 0.2) is 9.84 Å². The summed E-state index contributed by atoms with van der Waals surface area (Å²) in [7, 11) is -1.57. The zero-order valence-electron chi connectivity index (χ0n) is 12.4. The van der Waals surface area contributed by atoms with Crippen LogP contribution in [0.2, 0.25) is 0 Å². The molecule has 0 spiro atoms. The van der Waals surface area contributed by atoms with Gasteiger partial charge in [0.25, 0.3) is 0 Å². The molecule has 5 heteroatoms. The molecule has 4 nitrogen and oxygen atoms in total. The van der Waals surface area contributed by atoms with Gasteiger partial charge < -0.3 is 10.1 Å². The molecular weight excluding hydrogens is 286 g/mol. The first-order valence-electron chi connectivity index (χ1n) is 6.58. The molecule has 0 aromatic heterocycles. The summed E-state index contributed by atoms with van der Waals surface area (Å²) in [6.45, 7) is 2.51. The second kappa shape index (κ2) is 6.18. The van der Waals surface area contributed by atoms with Crippen molar-refractivity contribution in [2.45, 2.75) is 18.4 Å². The van der Waals surface area contributed by atoms with Crippen LogP contribution in [0.25, 0.3) is 0 Å². The lowest BCUT2D eigenvalue weighted by molar-refractivity contribution is 0.410. The number of benzene rings is 2. The van der Waals surface area contributed by atoms with E-state index in [1.54, 1.807) is 25.3 Å². The normalized spacial score (nSPS) is 11.2. The van der Waals surface area contributed by atoms with Crippen molar-refractivity contribution < 1.29 is 13.2 Å². The summed E-state index contributed by atoms with van der Waals surface area (Å²) in [6, 6.07) is 12.8. The van der Waals surface area contributed by atoms with Crippen LogP contribution in [0.5, 0.6) is 5.75 Å². The lowest BCUT2D eigenvalue weighted by Crippen LogP contribution is -2.05. The van der Waals surface area contributed by atoms with Crippen LogP contribution in [0.1, 0.15) is 11.1 Å². The van der Waals surface area contributed by atoms with Crippen molar-refractivity contribution in [3.05, 3.63) is 53.6 Å². The van der Waals surface area contributed by atoms with E-state index in [0.717, 1.165) is 22.6 Å². The molecule has 2 aromatic rings. The molecule has 0 heterocycles. The van der Waals surface area contributed by atoms with Gasteiger partial charge in [-0.1, -0.05) is 24.3 Å². The minimum Gasteiger partial charge on any atom is -0.496 e. The summed E-state index contributed by atoms with van der Waals surface area (Å²) in [5.74, 6) is 0.807. The third kappa shape index (κ3) is 3.76. The van der Waals surface area contributed by atoms with Crippen molar-refractivity contribution in [1.29, 1.82) is 0 Å². The molecule has 0 amide bonds. The SMILES string of the molecule is COc1ccccc1CNc1cc(S(C)(=O)=O)ccc1C. The Hall–Kier alpha value is -2.01. The Morgan fingerprint density at radius 2 is 1.86 bits per heavy atom. The lowest BCUT2D eigenvalue weighted by atomic mass is 10.1. The number of sulfone groups is 1. The Morgan fingerprint density at radius 1 is 1.14 bits per heavy atom. The standard InChI is InChI=1S/C16H19NO3S/c1-12-8-9-14(21(3,18)19)10-15(12)17-11-13-6-4-5-7-16(13)20-2/h4-10,17H,11H2,1-3H3. The number of hydrogen-bond donors (Lipinski definition) is 1. The van der Waals surface area contributed by atoms with Gasteiger partial charge in [0.05, 0.1) is 12.0 Å². The van der Waals surface area contributed by atoms with Gasteiger partial charge in [-0.15, -0.1) is 0 Å². The Morgan fingerprint density at radius 3 is 2.52 bits per heavy atom. The van der Waals surface area contributed by atoms with E-state index < -0.39 is 9.84 Å². The lowest BCUT2D eigenvalue weighted by Gasteiger charge is -2.13. The number of anilines is 1. The maximum Gasteiger partial charge on any atom is 0.175 e. The highest BCUT2D eigenvalue weighted by Gasteiger charge is 2.10. The third-order valence-corrected chi connectivity index (χ3v) is 4.41. The first-order chi connectivity index (χ1) is 9.91. The summed E-state index contributed by atoms with van der Waals surface area (Å²) in [6.07, 6.45) is 1.21. The minimum atomic E-state index is -3.20. The van der Waals surface area contributed by atoms with E-state index in [1.807, 2.05) is 31.2 Å². The largest absolute Gasteiger partial charge is 0.496 e. The third-order valence-electron chi connectivity index (χ3n) is 3.30. The van der Waals surface area contributed by atoms with Gasteiger partial charge in [0, 0.05) is 24.1 Å². The number of hydrogen-bond acceptors (Lipinski definition) is 4. The first-order valence-corrected chi connectivity index (χ1v) is 8.47. The van der Waals surface area contributed by atoms with Gasteiger partial charge in [-0.25, -0.2) is 8.42 Å². The van der Waals surface area contributed by atoms with Crippen molar-refractivity contribution in [2.24, 2.45) is 0 Å². The summed E-state index contributed by atoms with van der Waals surface area (Å²) in [5, 5.41) is 3.27. The van der Waals surface area contributed by atoms with Crippen molar-refractivity contribution in [3.8, 4) is 5.75 Å². The maximum absolute atomic E-state index is 11.6. The highest BCUT2D eigenvalue weighted by atomic mass is 32.2. The number of ether oxygens (including phenoxy) is 1. The van der Waals surface area contributed by atoms with Gasteiger partial charge in [0.2, 0.25) is 0 Å². The first kappa shape index (κ1) is 15.4. The van der Waals surface area contributed by atoms with Crippen LogP contribution in [0.4, 0.5) is 5.69 Å². The van der Waals surface area contributed by atoms with Crippen LogP contribution >= 0.6 is 0 Å². The highest BCUT2D eigenvalue weighted by molar-refractivity contribution is 7.90. The van der Waals surface area contributed by atoms with Crippen molar-refractivity contribution in [3.63, 3.8) is 0 Å². The zero-order chi connectivity index (χ0) is 15.5. The van der Waals surface area contributed by atoms with Gasteiger partial charge >= 0.3 is 0 Å². The topological polar surface area (TPSA) is 55.4 Å². The van der Waals surface area contributed by atoms with E-state index in [9.17, 15) is 8.42 Å². The molecule has 0 saturated carbocycles. The van der Waals surface area contributed by atoms with Crippen molar-refractivity contribution >= 4 is 15.5 Å². The molecule has 21 heavy (non-hydrogen) atoms. The highest BCUT2D eigenvalue weighted by Crippen LogP contribution is 2.23. The second-order valence-electron chi connectivity index (χ2n) is 4.91. The minimum absolute atomic E-state index is 0.315. The van der Waals surface area contributed by atoms with Crippen LogP contribution in [-0.4, -0.2) is 21.8 Å². The molecule has 0 fully saturated rings. The Balaban J connectivity index is 2.24. The molecule has 0 aliphatic heterocycles. The fourth-order valence-electron chi connectivity index (χ4n) is 2.06. The maximum atomic E-state index is 11.6. The average molecular weight is 305 g/mol. The van der Waals surface area contributed by atoms with Crippen LogP contribution in [0.15, 0.2) is 47.4 Å². The molecule has 0 unspecified atom stereocenters. The summed E-state index contributed by atoms with van der Waals surface area (Å²) < 4.78 is 28.6. The predicted octanol–water partition coefficient (Wildman–Crippen LogP) is 3.02. The molecule has 1 N–H and O–H groups in total. The Labute approximate surface area is 125 Å². The van der Waals surface area contributed by atoms with Gasteiger partial charge in [-0.3, -0.25) is 0 Å². The molecule has 0 saturated heterocycles. The molecule has 0 aliphatic rings. The molecule has 0 aliphatic carbocycles. The van der Waals surface area contributed by atoms with E-state index in [0.29, 0.717) is 11.4 Å². The molecule has 2 aromatic carbocycles. The van der Waals surface area contributed by atoms with E-state index in [2.05, 4.69) is 5.32 Å². The van der Waals surface area contributed by atoms with Gasteiger partial charge in [0.1, 0.15) is 5.75 Å². The number of methoxy groups -OCH3 is 1. The Kier molecular flexibility index (Phi) is 4.53. The van der Waals surface area contributed by atoms with Crippen molar-refractivity contribution in [1.82, 2.24) is 0 Å². The van der Waals surface area contributed by atoms with Crippen LogP contribution < -0.4 is 10.1 Å². The smallest absolute Gasteiger partial charge is 0.175 e. The fraction of sp³-hybridized carbons (Fsp3) is 0.250. The van der Waals surface area contributed by atoms with Crippen molar-refractivity contribution in [2.75, 3.05) is 18.7 Å². The summed E-state index contributed by atoms with van der Waals surface area (Å²) in [4.78, 5) is 0.315. The second-order valence-corrected chi connectivity index (χ2v) is 6.93. The number of rotatable bonds is 5. The fourth-order valence-corrected chi connectivity index (χ4v) is 2.71. The van der Waals surface area contributed by atoms with E-state index in [-0.39, 0.29) is 0 Å². The molecule has 2 rings (SSSR count). The molecule has 0 atom stereocenters. The number of nitrogens with one attached hydrogen (secondary N) is 1. The monoisotopic (exact) mass is 305 g/mol. The molecule has 112 valence electrons. The zero-order valence-corrected chi connectivity index (χ0v) is 13.2. The number of para-hydroxylation sites is 1. The molecular formula is C16H19NO3S. The summed E-state index contributed by atoms with van der Waals surface area (Å²) >= 11 is 0. The quantitative estimate of drug-likeness (QED) is 0.922. The van der Waals surface area contributed by atoms with E-state index in [4.69, 9.17) is 4.74 Å². The number of aryl methyl sites for hydroxylation is 1.